The summed E-state index contributed by atoms with van der Waals surface area (Å²) in [4.78, 5) is 12.4. The zero-order valence-electron chi connectivity index (χ0n) is 25.1. The van der Waals surface area contributed by atoms with Crippen LogP contribution in [0.25, 0.3) is 5.69 Å². The van der Waals surface area contributed by atoms with E-state index in [9.17, 15) is 4.79 Å². The van der Waals surface area contributed by atoms with Crippen molar-refractivity contribution in [3.8, 4) is 17.2 Å². The number of hydrogen-bond donors (Lipinski definition) is 2. The van der Waals surface area contributed by atoms with Crippen molar-refractivity contribution in [2.24, 2.45) is 5.10 Å². The van der Waals surface area contributed by atoms with Crippen molar-refractivity contribution in [2.45, 2.75) is 50.9 Å². The van der Waals surface area contributed by atoms with Gasteiger partial charge in [-0.05, 0) is 55.7 Å². The highest BCUT2D eigenvalue weighted by atomic mass is 35.5. The van der Waals surface area contributed by atoms with E-state index in [0.29, 0.717) is 48.2 Å². The number of nitrogens with one attached hydrogen (secondary N) is 2. The number of hydrogen-bond acceptors (Lipinski definition) is 10. The Balaban J connectivity index is 1.35. The summed E-state index contributed by atoms with van der Waals surface area (Å²) < 4.78 is 31.5. The lowest BCUT2D eigenvalue weighted by atomic mass is 9.97. The van der Waals surface area contributed by atoms with E-state index in [1.807, 2.05) is 62.5 Å². The molecule has 2 aliphatic rings. The van der Waals surface area contributed by atoms with E-state index in [1.54, 1.807) is 19.3 Å². The molecule has 3 aromatic rings. The number of amidine groups is 1. The molecule has 2 atom stereocenters. The molecule has 2 aliphatic heterocycles. The van der Waals surface area contributed by atoms with Gasteiger partial charge in [-0.1, -0.05) is 37.6 Å². The molecule has 1 aromatic heterocycles. The van der Waals surface area contributed by atoms with Gasteiger partial charge in [0, 0.05) is 28.9 Å². The Labute approximate surface area is 256 Å². The van der Waals surface area contributed by atoms with Crippen molar-refractivity contribution in [1.29, 1.82) is 0 Å². The fourth-order valence-corrected chi connectivity index (χ4v) is 5.83. The lowest BCUT2D eigenvalue weighted by molar-refractivity contribution is -0.168. The molecule has 0 bridgehead atoms. The van der Waals surface area contributed by atoms with E-state index in [4.69, 9.17) is 35.3 Å². The predicted octanol–water partition coefficient (Wildman–Crippen LogP) is 5.09. The number of rotatable bonds is 12. The molecule has 3 heterocycles. The molecule has 0 saturated carbocycles. The number of halogens is 1. The molecule has 0 unspecified atom stereocenters. The van der Waals surface area contributed by atoms with Crippen LogP contribution in [0.5, 0.6) is 11.5 Å². The standard InChI is InChI=1S/C31H38ClN5O6/c1-6-31(7-2,30(38)41-5)42-19-27-33-35-37(34-27)17-15-25-24-11-9-16-36(24)23-14-13-20(32)18-22(23)28(43-25)21-10-8-12-26(39-3)29(21)40-4/h8-14,16,18,25,28,35H,6-7,15,17,19H2,1-5H3,(H,33,34)/t25-,28-/m1/s1. The number of para-hydroxylation sites is 1. The monoisotopic (exact) mass is 611 g/mol. The molecule has 12 heteroatoms. The molecule has 0 radical (unpaired) electrons. The summed E-state index contributed by atoms with van der Waals surface area (Å²) in [5, 5.41) is 6.73. The SMILES string of the molecule is CCC(CC)(OCC1=NNN(CC[C@H]2O[C@H](c3cccc(OC)c3OC)c3cc(Cl)ccc3-n3cccc32)N1)C(=O)OC. The second-order valence-electron chi connectivity index (χ2n) is 10.3. The van der Waals surface area contributed by atoms with Crippen molar-refractivity contribution < 1.29 is 28.5 Å². The second kappa shape index (κ2) is 13.3. The van der Waals surface area contributed by atoms with Gasteiger partial charge >= 0.3 is 5.97 Å². The van der Waals surface area contributed by atoms with Gasteiger partial charge in [-0.25, -0.2) is 10.3 Å². The minimum Gasteiger partial charge on any atom is -0.493 e. The molecule has 43 heavy (non-hydrogen) atoms. The summed E-state index contributed by atoms with van der Waals surface area (Å²) in [5.41, 5.74) is 8.93. The Morgan fingerprint density at radius 2 is 1.88 bits per heavy atom. The number of nitrogens with zero attached hydrogens (tertiary/aromatic N) is 3. The van der Waals surface area contributed by atoms with Crippen LogP contribution in [-0.4, -0.2) is 61.6 Å². The van der Waals surface area contributed by atoms with Gasteiger partial charge in [0.05, 0.1) is 32.7 Å². The van der Waals surface area contributed by atoms with Gasteiger partial charge in [0.2, 0.25) is 0 Å². The highest BCUT2D eigenvalue weighted by molar-refractivity contribution is 6.30. The molecule has 0 aliphatic carbocycles. The normalized spacial score (nSPS) is 18.0. The smallest absolute Gasteiger partial charge is 0.338 e. The first-order valence-corrected chi connectivity index (χ1v) is 14.7. The molecule has 0 saturated heterocycles. The fourth-order valence-electron chi connectivity index (χ4n) is 5.65. The molecule has 0 fully saturated rings. The van der Waals surface area contributed by atoms with E-state index in [-0.39, 0.29) is 18.7 Å². The first-order valence-electron chi connectivity index (χ1n) is 14.3. The van der Waals surface area contributed by atoms with Crippen molar-refractivity contribution in [3.63, 3.8) is 0 Å². The summed E-state index contributed by atoms with van der Waals surface area (Å²) in [5.74, 6) is 1.39. The molecule has 0 spiro atoms. The summed E-state index contributed by atoms with van der Waals surface area (Å²) in [6.45, 7) is 4.46. The van der Waals surface area contributed by atoms with E-state index in [0.717, 1.165) is 22.5 Å². The number of methoxy groups -OCH3 is 3. The number of carbonyl (C=O) groups excluding carboxylic acids is 1. The van der Waals surface area contributed by atoms with Crippen LogP contribution >= 0.6 is 11.6 Å². The zero-order valence-corrected chi connectivity index (χ0v) is 25.8. The van der Waals surface area contributed by atoms with Crippen molar-refractivity contribution >= 4 is 23.4 Å². The Kier molecular flexibility index (Phi) is 9.46. The third-order valence-electron chi connectivity index (χ3n) is 8.03. The van der Waals surface area contributed by atoms with E-state index >= 15 is 0 Å². The van der Waals surface area contributed by atoms with Gasteiger partial charge in [0.25, 0.3) is 0 Å². The zero-order chi connectivity index (χ0) is 30.6. The van der Waals surface area contributed by atoms with Crippen LogP contribution in [-0.2, 0) is 19.0 Å². The van der Waals surface area contributed by atoms with Crippen LogP contribution in [0.3, 0.4) is 0 Å². The van der Waals surface area contributed by atoms with Crippen molar-refractivity contribution in [3.05, 3.63) is 76.6 Å². The third-order valence-corrected chi connectivity index (χ3v) is 8.26. The minimum absolute atomic E-state index is 0.122. The van der Waals surface area contributed by atoms with E-state index in [1.165, 1.54) is 7.11 Å². The topological polar surface area (TPSA) is 108 Å². The van der Waals surface area contributed by atoms with Crippen LogP contribution in [0.1, 0.15) is 62.1 Å². The van der Waals surface area contributed by atoms with Crippen LogP contribution in [0.15, 0.2) is 59.8 Å². The first-order chi connectivity index (χ1) is 20.9. The number of hydrazine groups is 2. The summed E-state index contributed by atoms with van der Waals surface area (Å²) in [6, 6.07) is 15.7. The highest BCUT2D eigenvalue weighted by Crippen LogP contribution is 2.46. The van der Waals surface area contributed by atoms with Crippen LogP contribution in [0, 0.1) is 0 Å². The molecular formula is C31H38ClN5O6. The van der Waals surface area contributed by atoms with Crippen LogP contribution in [0.2, 0.25) is 5.02 Å². The first kappa shape index (κ1) is 30.7. The van der Waals surface area contributed by atoms with Gasteiger partial charge in [0.15, 0.2) is 22.9 Å². The maximum atomic E-state index is 12.4. The number of fused-ring (bicyclic) bond motifs is 3. The van der Waals surface area contributed by atoms with Crippen LogP contribution in [0.4, 0.5) is 0 Å². The van der Waals surface area contributed by atoms with Crippen molar-refractivity contribution in [2.75, 3.05) is 34.5 Å². The van der Waals surface area contributed by atoms with Gasteiger partial charge < -0.3 is 28.3 Å². The molecule has 2 aromatic carbocycles. The van der Waals surface area contributed by atoms with Gasteiger partial charge in [-0.3, -0.25) is 5.43 Å². The predicted molar refractivity (Wildman–Crippen MR) is 162 cm³/mol. The number of hydrazone groups is 1. The number of ether oxygens (including phenoxy) is 5. The molecule has 5 rings (SSSR count). The largest absolute Gasteiger partial charge is 0.493 e. The van der Waals surface area contributed by atoms with Gasteiger partial charge in [0.1, 0.15) is 18.8 Å². The molecule has 11 nitrogen and oxygen atoms in total. The minimum atomic E-state index is -1.01. The van der Waals surface area contributed by atoms with Crippen molar-refractivity contribution in [1.82, 2.24) is 20.6 Å². The lowest BCUT2D eigenvalue weighted by Crippen LogP contribution is -2.46. The molecule has 230 valence electrons. The quantitative estimate of drug-likeness (QED) is 0.271. The second-order valence-corrected chi connectivity index (χ2v) is 10.7. The maximum Gasteiger partial charge on any atom is 0.338 e. The summed E-state index contributed by atoms with van der Waals surface area (Å²) in [6.07, 6.45) is 2.83. The lowest BCUT2D eigenvalue weighted by Gasteiger charge is -2.28. The molecule has 0 amide bonds. The fraction of sp³-hybridized carbons (Fsp3) is 0.419. The summed E-state index contributed by atoms with van der Waals surface area (Å²) in [7, 11) is 4.61. The maximum absolute atomic E-state index is 12.4. The average Bonchev–Trinajstić information content (AvgIpc) is 3.69. The van der Waals surface area contributed by atoms with Gasteiger partial charge in [-0.15, -0.1) is 10.2 Å². The Bertz CT molecular complexity index is 1470. The Morgan fingerprint density at radius 3 is 2.60 bits per heavy atom. The number of esters is 1. The van der Waals surface area contributed by atoms with Crippen LogP contribution < -0.4 is 20.4 Å². The average molecular weight is 612 g/mol. The van der Waals surface area contributed by atoms with Gasteiger partial charge in [-0.2, -0.15) is 0 Å². The Morgan fingerprint density at radius 1 is 1.07 bits per heavy atom. The van der Waals surface area contributed by atoms with E-state index < -0.39 is 11.7 Å². The number of carbonyl (C=O) groups is 1. The van der Waals surface area contributed by atoms with E-state index in [2.05, 4.69) is 26.7 Å². The molecular weight excluding hydrogens is 574 g/mol. The third kappa shape index (κ3) is 6.03. The Hall–Kier alpha value is -3.77. The summed E-state index contributed by atoms with van der Waals surface area (Å²) >= 11 is 6.52. The molecule has 2 N–H and O–H groups in total. The number of aromatic nitrogens is 1. The number of benzene rings is 2. The highest BCUT2D eigenvalue weighted by Gasteiger charge is 2.38.